The van der Waals surface area contributed by atoms with Crippen LogP contribution in [-0.2, 0) is 13.0 Å². The van der Waals surface area contributed by atoms with Crippen molar-refractivity contribution < 1.29 is 9.21 Å². The summed E-state index contributed by atoms with van der Waals surface area (Å²) in [5.74, 6) is 0.194. The molecule has 0 saturated carbocycles. The minimum Gasteiger partial charge on any atom is -0.451 e. The highest BCUT2D eigenvalue weighted by molar-refractivity contribution is 5.96. The van der Waals surface area contributed by atoms with Gasteiger partial charge in [0, 0.05) is 25.0 Å². The zero-order chi connectivity index (χ0) is 19.1. The number of rotatable bonds is 9. The second-order valence-corrected chi connectivity index (χ2v) is 6.83. The van der Waals surface area contributed by atoms with E-state index >= 15 is 0 Å². The molecule has 0 aliphatic carbocycles. The number of likely N-dealkylation sites (N-methyl/N-ethyl adjacent to an activating group) is 1. The molecule has 0 spiro atoms. The second kappa shape index (κ2) is 9.35. The summed E-state index contributed by atoms with van der Waals surface area (Å²) < 4.78 is 5.58. The molecule has 27 heavy (non-hydrogen) atoms. The Labute approximate surface area is 160 Å². The van der Waals surface area contributed by atoms with Crippen molar-refractivity contribution in [3.8, 4) is 0 Å². The standard InChI is InChI=1S/C22H27N3O2/c1-25(13-4-5-17-8-10-18(16-23)11-9-17)14-12-24-22(26)21-15-19-6-2-3-7-20(19)27-21/h2-3,6-11,15H,4-5,12-14,16,23H2,1H3,(H,24,26). The Balaban J connectivity index is 1.36. The molecule has 0 aliphatic rings. The number of benzene rings is 2. The number of hydrogen-bond donors (Lipinski definition) is 2. The fraction of sp³-hybridized carbons (Fsp3) is 0.318. The van der Waals surface area contributed by atoms with E-state index in [2.05, 4.69) is 41.5 Å². The third-order valence-corrected chi connectivity index (χ3v) is 4.69. The first kappa shape index (κ1) is 19.1. The second-order valence-electron chi connectivity index (χ2n) is 6.83. The molecule has 3 aromatic rings. The molecule has 142 valence electrons. The quantitative estimate of drug-likeness (QED) is 0.611. The maximum Gasteiger partial charge on any atom is 0.287 e. The Bertz CT molecular complexity index is 838. The molecule has 1 heterocycles. The largest absolute Gasteiger partial charge is 0.451 e. The van der Waals surface area contributed by atoms with Gasteiger partial charge in [-0.05, 0) is 49.7 Å². The Kier molecular flexibility index (Phi) is 6.63. The lowest BCUT2D eigenvalue weighted by molar-refractivity contribution is 0.0924. The van der Waals surface area contributed by atoms with Crippen molar-refractivity contribution in [2.45, 2.75) is 19.4 Å². The SMILES string of the molecule is CN(CCCc1ccc(CN)cc1)CCNC(=O)c1cc2ccccc2o1. The van der Waals surface area contributed by atoms with Crippen molar-refractivity contribution in [3.05, 3.63) is 71.5 Å². The molecule has 3 rings (SSSR count). The van der Waals surface area contributed by atoms with E-state index in [1.807, 2.05) is 24.3 Å². The molecule has 0 radical (unpaired) electrons. The molecule has 0 saturated heterocycles. The van der Waals surface area contributed by atoms with Crippen LogP contribution in [0.25, 0.3) is 11.0 Å². The number of carbonyl (C=O) groups is 1. The van der Waals surface area contributed by atoms with Crippen LogP contribution >= 0.6 is 0 Å². The molecule has 1 amide bonds. The topological polar surface area (TPSA) is 71.5 Å². The van der Waals surface area contributed by atoms with Gasteiger partial charge < -0.3 is 20.4 Å². The smallest absolute Gasteiger partial charge is 0.287 e. The van der Waals surface area contributed by atoms with Gasteiger partial charge in [0.05, 0.1) is 0 Å². The molecule has 0 aliphatic heterocycles. The highest BCUT2D eigenvalue weighted by Crippen LogP contribution is 2.18. The zero-order valence-electron chi connectivity index (χ0n) is 15.8. The Morgan fingerprint density at radius 2 is 1.81 bits per heavy atom. The van der Waals surface area contributed by atoms with Gasteiger partial charge in [-0.3, -0.25) is 4.79 Å². The van der Waals surface area contributed by atoms with Gasteiger partial charge >= 0.3 is 0 Å². The molecule has 5 nitrogen and oxygen atoms in total. The van der Waals surface area contributed by atoms with Crippen molar-refractivity contribution in [2.75, 3.05) is 26.7 Å². The van der Waals surface area contributed by atoms with E-state index in [0.29, 0.717) is 18.8 Å². The van der Waals surface area contributed by atoms with Crippen LogP contribution in [0.3, 0.4) is 0 Å². The highest BCUT2D eigenvalue weighted by Gasteiger charge is 2.11. The maximum absolute atomic E-state index is 12.2. The molecule has 0 bridgehead atoms. The highest BCUT2D eigenvalue weighted by atomic mass is 16.3. The zero-order valence-corrected chi connectivity index (χ0v) is 15.8. The Morgan fingerprint density at radius 3 is 2.56 bits per heavy atom. The first-order valence-corrected chi connectivity index (χ1v) is 9.39. The minimum atomic E-state index is -0.167. The predicted molar refractivity (Wildman–Crippen MR) is 109 cm³/mol. The summed E-state index contributed by atoms with van der Waals surface area (Å²) in [6, 6.07) is 17.9. The van der Waals surface area contributed by atoms with Gasteiger partial charge in [0.25, 0.3) is 5.91 Å². The van der Waals surface area contributed by atoms with Crippen LogP contribution in [0.4, 0.5) is 0 Å². The van der Waals surface area contributed by atoms with Crippen LogP contribution in [0.5, 0.6) is 0 Å². The molecule has 0 unspecified atom stereocenters. The summed E-state index contributed by atoms with van der Waals surface area (Å²) in [5.41, 5.74) is 8.85. The lowest BCUT2D eigenvalue weighted by Gasteiger charge is -2.16. The number of hydrogen-bond acceptors (Lipinski definition) is 4. The molecule has 0 atom stereocenters. The monoisotopic (exact) mass is 365 g/mol. The number of aryl methyl sites for hydroxylation is 1. The lowest BCUT2D eigenvalue weighted by atomic mass is 10.1. The van der Waals surface area contributed by atoms with Crippen LogP contribution in [0, 0.1) is 0 Å². The van der Waals surface area contributed by atoms with Gasteiger partial charge in [0.1, 0.15) is 5.58 Å². The van der Waals surface area contributed by atoms with E-state index in [1.165, 1.54) is 5.56 Å². The first-order valence-electron chi connectivity index (χ1n) is 9.39. The van der Waals surface area contributed by atoms with Gasteiger partial charge in [-0.15, -0.1) is 0 Å². The first-order chi connectivity index (χ1) is 13.2. The third-order valence-electron chi connectivity index (χ3n) is 4.69. The molecular weight excluding hydrogens is 338 g/mol. The average Bonchev–Trinajstić information content (AvgIpc) is 3.13. The van der Waals surface area contributed by atoms with Crippen molar-refractivity contribution in [1.29, 1.82) is 0 Å². The van der Waals surface area contributed by atoms with Crippen LogP contribution in [0.1, 0.15) is 28.1 Å². The van der Waals surface area contributed by atoms with Crippen molar-refractivity contribution in [2.24, 2.45) is 5.73 Å². The predicted octanol–water partition coefficient (Wildman–Crippen LogP) is 3.19. The molecule has 0 fully saturated rings. The van der Waals surface area contributed by atoms with E-state index in [4.69, 9.17) is 10.2 Å². The summed E-state index contributed by atoms with van der Waals surface area (Å²) in [6.07, 6.45) is 2.12. The third kappa shape index (κ3) is 5.42. The maximum atomic E-state index is 12.2. The van der Waals surface area contributed by atoms with Gasteiger partial charge in [-0.25, -0.2) is 0 Å². The van der Waals surface area contributed by atoms with Gasteiger partial charge in [0.2, 0.25) is 0 Å². The number of nitrogens with zero attached hydrogens (tertiary/aromatic N) is 1. The van der Waals surface area contributed by atoms with Crippen LogP contribution in [0.2, 0.25) is 0 Å². The Hall–Kier alpha value is -2.63. The lowest BCUT2D eigenvalue weighted by Crippen LogP contribution is -2.33. The minimum absolute atomic E-state index is 0.167. The van der Waals surface area contributed by atoms with Gasteiger partial charge in [0.15, 0.2) is 5.76 Å². The molecular formula is C22H27N3O2. The van der Waals surface area contributed by atoms with E-state index < -0.39 is 0 Å². The molecule has 2 aromatic carbocycles. The number of furan rings is 1. The van der Waals surface area contributed by atoms with Crippen LogP contribution in [-0.4, -0.2) is 37.5 Å². The normalized spacial score (nSPS) is 11.2. The number of carbonyl (C=O) groups excluding carboxylic acids is 1. The fourth-order valence-electron chi connectivity index (χ4n) is 3.05. The van der Waals surface area contributed by atoms with Gasteiger partial charge in [-0.2, -0.15) is 0 Å². The number of amides is 1. The summed E-state index contributed by atoms with van der Waals surface area (Å²) in [6.45, 7) is 2.97. The summed E-state index contributed by atoms with van der Waals surface area (Å²) in [4.78, 5) is 14.4. The molecule has 3 N–H and O–H groups in total. The number of fused-ring (bicyclic) bond motifs is 1. The summed E-state index contributed by atoms with van der Waals surface area (Å²) >= 11 is 0. The fourth-order valence-corrected chi connectivity index (χ4v) is 3.05. The van der Waals surface area contributed by atoms with Crippen molar-refractivity contribution in [1.82, 2.24) is 10.2 Å². The number of nitrogens with two attached hydrogens (primary N) is 1. The van der Waals surface area contributed by atoms with E-state index in [9.17, 15) is 4.79 Å². The van der Waals surface area contributed by atoms with E-state index in [-0.39, 0.29) is 5.91 Å². The number of nitrogens with one attached hydrogen (secondary N) is 1. The van der Waals surface area contributed by atoms with Crippen LogP contribution in [0.15, 0.2) is 59.0 Å². The average molecular weight is 365 g/mol. The van der Waals surface area contributed by atoms with E-state index in [0.717, 1.165) is 42.5 Å². The van der Waals surface area contributed by atoms with E-state index in [1.54, 1.807) is 6.07 Å². The number of para-hydroxylation sites is 1. The molecule has 5 heteroatoms. The summed E-state index contributed by atoms with van der Waals surface area (Å²) in [7, 11) is 2.07. The Morgan fingerprint density at radius 1 is 1.07 bits per heavy atom. The van der Waals surface area contributed by atoms with Crippen molar-refractivity contribution >= 4 is 16.9 Å². The van der Waals surface area contributed by atoms with Crippen molar-refractivity contribution in [3.63, 3.8) is 0 Å². The van der Waals surface area contributed by atoms with Gasteiger partial charge in [-0.1, -0.05) is 42.5 Å². The van der Waals surface area contributed by atoms with Crippen LogP contribution < -0.4 is 11.1 Å². The summed E-state index contributed by atoms with van der Waals surface area (Å²) in [5, 5.41) is 3.87. The molecule has 1 aromatic heterocycles.